The van der Waals surface area contributed by atoms with Crippen LogP contribution in [0.1, 0.15) is 12.0 Å². The maximum atomic E-state index is 12.7. The number of nitrogens with zero attached hydrogens (tertiary/aromatic N) is 3. The highest BCUT2D eigenvalue weighted by molar-refractivity contribution is 6.31. The molecule has 4 aromatic rings. The van der Waals surface area contributed by atoms with Gasteiger partial charge in [0.05, 0.1) is 19.1 Å². The van der Waals surface area contributed by atoms with Gasteiger partial charge in [-0.2, -0.15) is 0 Å². The molecule has 2 heterocycles. The van der Waals surface area contributed by atoms with Crippen molar-refractivity contribution >= 4 is 34.3 Å². The number of carbonyl (C=O) groups is 1. The Morgan fingerprint density at radius 3 is 2.77 bits per heavy atom. The number of halogens is 1. The number of amides is 1. The molecule has 0 bridgehead atoms. The van der Waals surface area contributed by atoms with Crippen LogP contribution >= 0.6 is 11.6 Å². The summed E-state index contributed by atoms with van der Waals surface area (Å²) in [6.45, 7) is 1.96. The van der Waals surface area contributed by atoms with E-state index in [0.29, 0.717) is 27.7 Å². The van der Waals surface area contributed by atoms with E-state index < -0.39 is 5.56 Å². The van der Waals surface area contributed by atoms with Crippen LogP contribution in [0.4, 0.5) is 5.69 Å². The summed E-state index contributed by atoms with van der Waals surface area (Å²) >= 11 is 6.10. The predicted molar refractivity (Wildman–Crippen MR) is 117 cm³/mol. The van der Waals surface area contributed by atoms with Crippen molar-refractivity contribution in [3.8, 4) is 17.0 Å². The highest BCUT2D eigenvalue weighted by atomic mass is 35.5. The molecule has 31 heavy (non-hydrogen) atoms. The molecule has 158 valence electrons. The van der Waals surface area contributed by atoms with Crippen molar-refractivity contribution in [3.05, 3.63) is 69.7 Å². The number of hydrogen-bond acceptors (Lipinski definition) is 6. The van der Waals surface area contributed by atoms with Gasteiger partial charge < -0.3 is 14.6 Å². The number of aromatic nitrogens is 3. The van der Waals surface area contributed by atoms with Gasteiger partial charge in [-0.1, -0.05) is 47.1 Å². The highest BCUT2D eigenvalue weighted by Crippen LogP contribution is 2.31. The lowest BCUT2D eigenvalue weighted by Crippen LogP contribution is -2.23. The summed E-state index contributed by atoms with van der Waals surface area (Å²) < 4.78 is 11.8. The molecule has 0 saturated carbocycles. The van der Waals surface area contributed by atoms with E-state index in [1.807, 2.05) is 37.3 Å². The summed E-state index contributed by atoms with van der Waals surface area (Å²) in [7, 11) is 1.50. The molecule has 4 rings (SSSR count). The maximum Gasteiger partial charge on any atom is 0.299 e. The van der Waals surface area contributed by atoms with Gasteiger partial charge in [0.25, 0.3) is 11.1 Å². The first-order valence-electron chi connectivity index (χ1n) is 9.52. The number of benzene rings is 2. The van der Waals surface area contributed by atoms with Crippen LogP contribution in [0.5, 0.6) is 5.75 Å². The molecule has 0 saturated heterocycles. The Bertz CT molecular complexity index is 1310. The van der Waals surface area contributed by atoms with Crippen molar-refractivity contribution in [1.82, 2.24) is 14.7 Å². The molecule has 0 spiro atoms. The molecule has 9 heteroatoms. The van der Waals surface area contributed by atoms with Crippen molar-refractivity contribution in [2.24, 2.45) is 0 Å². The first kappa shape index (κ1) is 20.6. The molecule has 0 fully saturated rings. The smallest absolute Gasteiger partial charge is 0.299 e. The third kappa shape index (κ3) is 4.15. The van der Waals surface area contributed by atoms with Gasteiger partial charge in [0.2, 0.25) is 5.91 Å². The molecule has 1 N–H and O–H groups in total. The van der Waals surface area contributed by atoms with Crippen LogP contribution in [0.2, 0.25) is 5.02 Å². The first-order chi connectivity index (χ1) is 15.0. The predicted octanol–water partition coefficient (Wildman–Crippen LogP) is 4.05. The molecular weight excluding hydrogens is 420 g/mol. The Kier molecular flexibility index (Phi) is 5.73. The minimum Gasteiger partial charge on any atom is -0.495 e. The van der Waals surface area contributed by atoms with Gasteiger partial charge in [-0.15, -0.1) is 0 Å². The van der Waals surface area contributed by atoms with Gasteiger partial charge in [-0.25, -0.2) is 4.98 Å². The van der Waals surface area contributed by atoms with Gasteiger partial charge in [0.1, 0.15) is 17.0 Å². The van der Waals surface area contributed by atoms with Crippen LogP contribution in [-0.2, 0) is 11.3 Å². The zero-order valence-corrected chi connectivity index (χ0v) is 17.6. The first-order valence-corrected chi connectivity index (χ1v) is 9.90. The lowest BCUT2D eigenvalue weighted by Gasteiger charge is -2.12. The van der Waals surface area contributed by atoms with Crippen molar-refractivity contribution < 1.29 is 14.1 Å². The van der Waals surface area contributed by atoms with E-state index in [2.05, 4.69) is 15.5 Å². The van der Waals surface area contributed by atoms with Crippen molar-refractivity contribution in [3.63, 3.8) is 0 Å². The van der Waals surface area contributed by atoms with Gasteiger partial charge in [-0.05, 0) is 18.6 Å². The van der Waals surface area contributed by atoms with Crippen LogP contribution in [-0.4, -0.2) is 27.7 Å². The summed E-state index contributed by atoms with van der Waals surface area (Å²) in [6.07, 6.45) is 1.45. The van der Waals surface area contributed by atoms with Crippen LogP contribution in [0.15, 0.2) is 58.1 Å². The average Bonchev–Trinajstić information content (AvgIpc) is 3.21. The number of carbonyl (C=O) groups excluding carboxylic acids is 1. The van der Waals surface area contributed by atoms with E-state index in [9.17, 15) is 9.59 Å². The summed E-state index contributed by atoms with van der Waals surface area (Å²) in [5, 5.41) is 7.33. The Hall–Kier alpha value is -3.65. The molecule has 0 radical (unpaired) electrons. The highest BCUT2D eigenvalue weighted by Gasteiger charge is 2.17. The van der Waals surface area contributed by atoms with Crippen LogP contribution in [0, 0.1) is 6.92 Å². The lowest BCUT2D eigenvalue weighted by molar-refractivity contribution is -0.116. The van der Waals surface area contributed by atoms with Gasteiger partial charge in [0, 0.05) is 29.6 Å². The fourth-order valence-electron chi connectivity index (χ4n) is 3.16. The minimum absolute atomic E-state index is 0.0526. The third-order valence-electron chi connectivity index (χ3n) is 4.83. The van der Waals surface area contributed by atoms with E-state index in [1.165, 1.54) is 18.0 Å². The Morgan fingerprint density at radius 2 is 2.03 bits per heavy atom. The van der Waals surface area contributed by atoms with Crippen LogP contribution < -0.4 is 15.6 Å². The second-order valence-corrected chi connectivity index (χ2v) is 7.33. The SMILES string of the molecule is COc1cc(Cl)c(C)cc1NC(=O)CCn1cnc2c(-c3ccccc3)noc2c1=O. The number of aryl methyl sites for hydroxylation is 2. The van der Waals surface area contributed by atoms with Gasteiger partial charge in [0.15, 0.2) is 0 Å². The largest absolute Gasteiger partial charge is 0.495 e. The van der Waals surface area contributed by atoms with Crippen LogP contribution in [0.25, 0.3) is 22.4 Å². The number of methoxy groups -OCH3 is 1. The van der Waals surface area contributed by atoms with Crippen molar-refractivity contribution in [2.75, 3.05) is 12.4 Å². The zero-order valence-electron chi connectivity index (χ0n) is 16.9. The fraction of sp³-hybridized carbons (Fsp3) is 0.182. The second kappa shape index (κ2) is 8.61. The number of nitrogens with one attached hydrogen (secondary N) is 1. The standard InChI is InChI=1S/C22H19ClN4O4/c1-13-10-16(17(30-2)11-15(13)23)25-18(28)8-9-27-12-24-20-19(14-6-4-3-5-7-14)26-31-21(20)22(27)29/h3-7,10-12H,8-9H2,1-2H3,(H,25,28). The van der Waals surface area contributed by atoms with Crippen molar-refractivity contribution in [1.29, 1.82) is 0 Å². The number of anilines is 1. The number of fused-ring (bicyclic) bond motifs is 1. The summed E-state index contributed by atoms with van der Waals surface area (Å²) in [5.74, 6) is 0.175. The Labute approximate surface area is 182 Å². The molecule has 0 atom stereocenters. The molecule has 2 aromatic carbocycles. The van der Waals surface area contributed by atoms with Gasteiger partial charge >= 0.3 is 0 Å². The van der Waals surface area contributed by atoms with E-state index >= 15 is 0 Å². The maximum absolute atomic E-state index is 12.7. The van der Waals surface area contributed by atoms with Gasteiger partial charge in [-0.3, -0.25) is 14.2 Å². The summed E-state index contributed by atoms with van der Waals surface area (Å²) in [4.78, 5) is 29.5. The summed E-state index contributed by atoms with van der Waals surface area (Å²) in [6, 6.07) is 12.7. The van der Waals surface area contributed by atoms with E-state index in [1.54, 1.807) is 12.1 Å². The normalized spacial score (nSPS) is 10.9. The Balaban J connectivity index is 1.51. The number of hydrogen-bond donors (Lipinski definition) is 1. The van der Waals surface area contributed by atoms with Crippen molar-refractivity contribution in [2.45, 2.75) is 19.9 Å². The molecule has 0 aliphatic carbocycles. The number of ether oxygens (including phenoxy) is 1. The van der Waals surface area contributed by atoms with E-state index in [0.717, 1.165) is 11.1 Å². The molecule has 0 unspecified atom stereocenters. The lowest BCUT2D eigenvalue weighted by atomic mass is 10.1. The topological polar surface area (TPSA) is 99.2 Å². The van der Waals surface area contributed by atoms with Crippen LogP contribution in [0.3, 0.4) is 0 Å². The second-order valence-electron chi connectivity index (χ2n) is 6.92. The van der Waals surface area contributed by atoms with E-state index in [4.69, 9.17) is 20.9 Å². The Morgan fingerprint density at radius 1 is 1.26 bits per heavy atom. The molecular formula is C22H19ClN4O4. The minimum atomic E-state index is -0.396. The molecule has 1 amide bonds. The molecule has 0 aliphatic heterocycles. The third-order valence-corrected chi connectivity index (χ3v) is 5.24. The molecule has 8 nitrogen and oxygen atoms in total. The molecule has 0 aliphatic rings. The van der Waals surface area contributed by atoms with E-state index in [-0.39, 0.29) is 24.5 Å². The fourth-order valence-corrected chi connectivity index (χ4v) is 3.32. The molecule has 2 aromatic heterocycles. The summed E-state index contributed by atoms with van der Waals surface area (Å²) in [5.41, 5.74) is 2.67. The zero-order chi connectivity index (χ0) is 22.0. The monoisotopic (exact) mass is 438 g/mol. The number of rotatable bonds is 6. The quantitative estimate of drug-likeness (QED) is 0.487. The average molecular weight is 439 g/mol.